The van der Waals surface area contributed by atoms with Gasteiger partial charge in [0.1, 0.15) is 11.4 Å². The molecule has 0 amide bonds. The van der Waals surface area contributed by atoms with E-state index in [9.17, 15) is 14.7 Å². The molecule has 0 unspecified atom stereocenters. The number of nitro groups is 1. The SMILES string of the molecule is CCOP(=O)(OCC)/C(C#N)=C\c1ccc([N+](=O)[O-])cc1. The van der Waals surface area contributed by atoms with Gasteiger partial charge in [-0.2, -0.15) is 5.26 Å². The maximum absolute atomic E-state index is 12.5. The molecule has 1 aromatic rings. The minimum absolute atomic E-state index is 0.0662. The number of nitrogens with zero attached hydrogens (tertiary/aromatic N) is 2. The maximum atomic E-state index is 12.5. The van der Waals surface area contributed by atoms with Crippen molar-refractivity contribution in [2.24, 2.45) is 0 Å². The number of rotatable bonds is 7. The average molecular weight is 310 g/mol. The highest BCUT2D eigenvalue weighted by molar-refractivity contribution is 7.59. The molecule has 0 aliphatic heterocycles. The lowest BCUT2D eigenvalue weighted by Gasteiger charge is -2.15. The Kier molecular flexibility index (Phi) is 6.25. The van der Waals surface area contributed by atoms with Gasteiger partial charge in [0.15, 0.2) is 0 Å². The summed E-state index contributed by atoms with van der Waals surface area (Å²) in [6, 6.07) is 7.32. The molecule has 0 aliphatic rings. The molecule has 8 heteroatoms. The molecule has 1 rings (SSSR count). The van der Waals surface area contributed by atoms with Crippen molar-refractivity contribution >= 4 is 19.4 Å². The van der Waals surface area contributed by atoms with Crippen molar-refractivity contribution in [1.82, 2.24) is 0 Å². The smallest absolute Gasteiger partial charge is 0.305 e. The molecule has 0 saturated carbocycles. The molecule has 0 radical (unpaired) electrons. The molecular weight excluding hydrogens is 295 g/mol. The minimum Gasteiger partial charge on any atom is -0.305 e. The summed E-state index contributed by atoms with van der Waals surface area (Å²) in [4.78, 5) is 10.0. The van der Waals surface area contributed by atoms with E-state index in [4.69, 9.17) is 14.3 Å². The highest BCUT2D eigenvalue weighted by Crippen LogP contribution is 2.56. The number of nitriles is 1. The zero-order chi connectivity index (χ0) is 15.9. The highest BCUT2D eigenvalue weighted by atomic mass is 31.2. The summed E-state index contributed by atoms with van der Waals surface area (Å²) in [6.45, 7) is 3.56. The van der Waals surface area contributed by atoms with E-state index in [1.807, 2.05) is 6.07 Å². The van der Waals surface area contributed by atoms with Gasteiger partial charge in [-0.25, -0.2) is 0 Å². The summed E-state index contributed by atoms with van der Waals surface area (Å²) < 4.78 is 22.7. The number of benzene rings is 1. The van der Waals surface area contributed by atoms with Crippen molar-refractivity contribution in [2.75, 3.05) is 13.2 Å². The van der Waals surface area contributed by atoms with Gasteiger partial charge in [0.05, 0.1) is 18.1 Å². The molecule has 0 atom stereocenters. The van der Waals surface area contributed by atoms with Crippen LogP contribution in [0.1, 0.15) is 19.4 Å². The van der Waals surface area contributed by atoms with Crippen LogP contribution >= 0.6 is 7.60 Å². The minimum atomic E-state index is -3.66. The average Bonchev–Trinajstić information content (AvgIpc) is 2.45. The van der Waals surface area contributed by atoms with Crippen molar-refractivity contribution in [3.05, 3.63) is 45.3 Å². The number of nitro benzene ring substituents is 1. The van der Waals surface area contributed by atoms with Crippen LogP contribution in [0.3, 0.4) is 0 Å². The largest absolute Gasteiger partial charge is 0.371 e. The standard InChI is InChI=1S/C13H15N2O5P/c1-3-19-21(18,20-4-2)13(10-14)9-11-5-7-12(8-6-11)15(16)17/h5-9H,3-4H2,1-2H3/b13-9-. The van der Waals surface area contributed by atoms with Gasteiger partial charge in [0.25, 0.3) is 5.69 Å². The first-order valence-electron chi connectivity index (χ1n) is 6.22. The predicted octanol–water partition coefficient (Wildman–Crippen LogP) is 3.73. The predicted molar refractivity (Wildman–Crippen MR) is 77.5 cm³/mol. The van der Waals surface area contributed by atoms with Crippen LogP contribution in [-0.4, -0.2) is 18.1 Å². The molecule has 7 nitrogen and oxygen atoms in total. The normalized spacial score (nSPS) is 12.0. The number of hydrogen-bond donors (Lipinski definition) is 0. The van der Waals surface area contributed by atoms with E-state index in [1.54, 1.807) is 13.8 Å². The van der Waals surface area contributed by atoms with Crippen LogP contribution in [0.2, 0.25) is 0 Å². The second-order valence-corrected chi connectivity index (χ2v) is 5.82. The quantitative estimate of drug-likeness (QED) is 0.329. The van der Waals surface area contributed by atoms with Gasteiger partial charge in [-0.3, -0.25) is 14.7 Å². The van der Waals surface area contributed by atoms with Crippen LogP contribution in [0.5, 0.6) is 0 Å². The molecule has 112 valence electrons. The maximum Gasteiger partial charge on any atom is 0.371 e. The first-order chi connectivity index (χ1) is 9.96. The Hall–Kier alpha value is -2.00. The van der Waals surface area contributed by atoms with Crippen LogP contribution in [0.15, 0.2) is 29.6 Å². The first kappa shape index (κ1) is 17.1. The third kappa shape index (κ3) is 4.50. The van der Waals surface area contributed by atoms with Crippen LogP contribution in [-0.2, 0) is 13.6 Å². The van der Waals surface area contributed by atoms with Gasteiger partial charge in [0.2, 0.25) is 0 Å². The third-order valence-electron chi connectivity index (χ3n) is 2.42. The second kappa shape index (κ2) is 7.70. The Bertz CT molecular complexity index is 608. The van der Waals surface area contributed by atoms with Gasteiger partial charge < -0.3 is 9.05 Å². The molecule has 21 heavy (non-hydrogen) atoms. The summed E-state index contributed by atoms with van der Waals surface area (Å²) in [5.41, 5.74) is 0.431. The molecule has 0 aromatic heterocycles. The van der Waals surface area contributed by atoms with Crippen LogP contribution < -0.4 is 0 Å². The van der Waals surface area contributed by atoms with E-state index in [0.717, 1.165) is 0 Å². The molecule has 0 N–H and O–H groups in total. The summed E-state index contributed by atoms with van der Waals surface area (Å²) in [5, 5.41) is 19.6. The van der Waals surface area contributed by atoms with Gasteiger partial charge in [-0.15, -0.1) is 0 Å². The molecule has 0 spiro atoms. The fourth-order valence-electron chi connectivity index (χ4n) is 1.54. The summed E-state index contributed by atoms with van der Waals surface area (Å²) in [7, 11) is -3.66. The monoisotopic (exact) mass is 310 g/mol. The van der Waals surface area contributed by atoms with E-state index in [1.165, 1.54) is 30.3 Å². The van der Waals surface area contributed by atoms with E-state index in [0.29, 0.717) is 5.56 Å². The van der Waals surface area contributed by atoms with Crippen LogP contribution in [0, 0.1) is 21.4 Å². The molecule has 0 saturated heterocycles. The topological polar surface area (TPSA) is 102 Å². The fourth-order valence-corrected chi connectivity index (χ4v) is 3.00. The molecular formula is C13H15N2O5P. The number of non-ortho nitro benzene ring substituents is 1. The zero-order valence-electron chi connectivity index (χ0n) is 11.7. The second-order valence-electron chi connectivity index (χ2n) is 3.82. The van der Waals surface area contributed by atoms with Gasteiger partial charge in [-0.05, 0) is 37.6 Å². The van der Waals surface area contributed by atoms with E-state index in [2.05, 4.69) is 0 Å². The number of hydrogen-bond acceptors (Lipinski definition) is 6. The molecule has 0 bridgehead atoms. The van der Waals surface area contributed by atoms with E-state index in [-0.39, 0.29) is 24.2 Å². The Morgan fingerprint density at radius 1 is 1.33 bits per heavy atom. The summed E-state index contributed by atoms with van der Waals surface area (Å²) in [6.07, 6.45) is 1.34. The van der Waals surface area contributed by atoms with Gasteiger partial charge in [-0.1, -0.05) is 0 Å². The lowest BCUT2D eigenvalue weighted by Crippen LogP contribution is -1.97. The molecule has 1 aromatic carbocycles. The highest BCUT2D eigenvalue weighted by Gasteiger charge is 2.29. The van der Waals surface area contributed by atoms with E-state index >= 15 is 0 Å². The van der Waals surface area contributed by atoms with Gasteiger partial charge in [0, 0.05) is 12.1 Å². The van der Waals surface area contributed by atoms with Gasteiger partial charge >= 0.3 is 7.60 Å². The van der Waals surface area contributed by atoms with Crippen molar-refractivity contribution in [3.8, 4) is 6.07 Å². The summed E-state index contributed by atoms with van der Waals surface area (Å²) >= 11 is 0. The van der Waals surface area contributed by atoms with Crippen LogP contribution in [0.25, 0.3) is 6.08 Å². The Morgan fingerprint density at radius 2 is 1.86 bits per heavy atom. The van der Waals surface area contributed by atoms with Crippen molar-refractivity contribution in [1.29, 1.82) is 5.26 Å². The number of allylic oxidation sites excluding steroid dienone is 1. The first-order valence-corrected chi connectivity index (χ1v) is 7.77. The molecule has 0 fully saturated rings. The van der Waals surface area contributed by atoms with Crippen molar-refractivity contribution in [2.45, 2.75) is 13.8 Å². The molecule has 0 aliphatic carbocycles. The van der Waals surface area contributed by atoms with Crippen molar-refractivity contribution in [3.63, 3.8) is 0 Å². The third-order valence-corrected chi connectivity index (χ3v) is 4.43. The lowest BCUT2D eigenvalue weighted by molar-refractivity contribution is -0.384. The Labute approximate surface area is 122 Å². The lowest BCUT2D eigenvalue weighted by atomic mass is 10.2. The Balaban J connectivity index is 3.15. The van der Waals surface area contributed by atoms with E-state index < -0.39 is 12.5 Å². The Morgan fingerprint density at radius 3 is 2.24 bits per heavy atom. The van der Waals surface area contributed by atoms with Crippen LogP contribution in [0.4, 0.5) is 5.69 Å². The fraction of sp³-hybridized carbons (Fsp3) is 0.308. The molecule has 0 heterocycles. The summed E-state index contributed by atoms with van der Waals surface area (Å²) in [5.74, 6) is 0. The zero-order valence-corrected chi connectivity index (χ0v) is 12.6. The van der Waals surface area contributed by atoms with Crippen molar-refractivity contribution < 1.29 is 18.5 Å².